The zero-order valence-corrected chi connectivity index (χ0v) is 13.3. The van der Waals surface area contributed by atoms with Gasteiger partial charge in [-0.15, -0.1) is 0 Å². The van der Waals surface area contributed by atoms with E-state index in [0.29, 0.717) is 6.54 Å². The van der Waals surface area contributed by atoms with Crippen molar-refractivity contribution in [3.8, 4) is 5.75 Å². The average molecular weight is 337 g/mol. The van der Waals surface area contributed by atoms with Gasteiger partial charge in [-0.05, 0) is 42.0 Å². The first-order chi connectivity index (χ1) is 12.1. The molecule has 3 rings (SSSR count). The van der Waals surface area contributed by atoms with E-state index in [2.05, 4.69) is 10.5 Å². The van der Waals surface area contributed by atoms with Crippen LogP contribution in [0, 0.1) is 5.82 Å². The monoisotopic (exact) mass is 337 g/mol. The van der Waals surface area contributed by atoms with Crippen LogP contribution in [0.3, 0.4) is 0 Å². The van der Waals surface area contributed by atoms with Gasteiger partial charge in [0.15, 0.2) is 0 Å². The van der Waals surface area contributed by atoms with E-state index in [1.165, 1.54) is 30.5 Å². The van der Waals surface area contributed by atoms with Gasteiger partial charge in [0, 0.05) is 12.7 Å². The second-order valence-corrected chi connectivity index (χ2v) is 5.40. The van der Waals surface area contributed by atoms with Crippen LogP contribution in [0.2, 0.25) is 0 Å². The van der Waals surface area contributed by atoms with Crippen LogP contribution in [-0.2, 0) is 6.54 Å². The number of benzene rings is 2. The lowest BCUT2D eigenvalue weighted by atomic mass is 10.2. The summed E-state index contributed by atoms with van der Waals surface area (Å²) in [6.45, 7) is 0.558. The second kappa shape index (κ2) is 7.44. The van der Waals surface area contributed by atoms with E-state index in [1.807, 2.05) is 22.9 Å². The van der Waals surface area contributed by atoms with Gasteiger partial charge in [-0.3, -0.25) is 4.79 Å². The maximum atomic E-state index is 13.0. The third-order valence-electron chi connectivity index (χ3n) is 3.64. The van der Waals surface area contributed by atoms with E-state index >= 15 is 0 Å². The number of aromatic nitrogens is 1. The van der Waals surface area contributed by atoms with Gasteiger partial charge in [0.25, 0.3) is 5.91 Å². The molecular formula is C19H16FN3O2. The minimum atomic E-state index is -0.494. The number of halogens is 1. The molecule has 0 atom stereocenters. The van der Waals surface area contributed by atoms with Crippen molar-refractivity contribution in [3.05, 3.63) is 89.5 Å². The summed E-state index contributed by atoms with van der Waals surface area (Å²) in [6, 6.07) is 16.2. The molecule has 0 radical (unpaired) electrons. The number of para-hydroxylation sites is 1. The fourth-order valence-corrected chi connectivity index (χ4v) is 2.36. The molecule has 0 spiro atoms. The predicted molar refractivity (Wildman–Crippen MR) is 93.1 cm³/mol. The number of carbonyl (C=O) groups is 1. The lowest BCUT2D eigenvalue weighted by Crippen LogP contribution is -2.18. The molecule has 126 valence electrons. The smallest absolute Gasteiger partial charge is 0.275 e. The van der Waals surface area contributed by atoms with Crippen LogP contribution >= 0.6 is 0 Å². The standard InChI is InChI=1S/C19H16FN3O2/c20-15-9-7-14(8-10-15)13-23-11-3-4-16(23)12-21-22-19(25)17-5-1-2-6-18(17)24/h1-12,24H,13H2,(H,22,25)/b21-12+. The number of amides is 1. The molecule has 0 unspecified atom stereocenters. The van der Waals surface area contributed by atoms with Crippen molar-refractivity contribution in [1.29, 1.82) is 0 Å². The minimum Gasteiger partial charge on any atom is -0.507 e. The molecule has 25 heavy (non-hydrogen) atoms. The third kappa shape index (κ3) is 4.11. The molecule has 1 amide bonds. The van der Waals surface area contributed by atoms with Crippen molar-refractivity contribution in [2.75, 3.05) is 0 Å². The van der Waals surface area contributed by atoms with Crippen LogP contribution in [-0.4, -0.2) is 21.8 Å². The van der Waals surface area contributed by atoms with E-state index in [9.17, 15) is 14.3 Å². The molecule has 2 N–H and O–H groups in total. The fraction of sp³-hybridized carbons (Fsp3) is 0.0526. The second-order valence-electron chi connectivity index (χ2n) is 5.40. The van der Waals surface area contributed by atoms with E-state index in [1.54, 1.807) is 24.3 Å². The number of phenols is 1. The van der Waals surface area contributed by atoms with Gasteiger partial charge in [0.05, 0.1) is 17.5 Å². The molecule has 0 saturated heterocycles. The van der Waals surface area contributed by atoms with E-state index in [-0.39, 0.29) is 17.1 Å². The maximum absolute atomic E-state index is 13.0. The molecule has 1 heterocycles. The Morgan fingerprint density at radius 3 is 2.64 bits per heavy atom. The molecule has 5 nitrogen and oxygen atoms in total. The number of hydrogen-bond acceptors (Lipinski definition) is 3. The van der Waals surface area contributed by atoms with Gasteiger partial charge in [0.1, 0.15) is 11.6 Å². The van der Waals surface area contributed by atoms with Crippen molar-refractivity contribution in [3.63, 3.8) is 0 Å². The minimum absolute atomic E-state index is 0.102. The summed E-state index contributed by atoms with van der Waals surface area (Å²) >= 11 is 0. The molecule has 0 aliphatic rings. The SMILES string of the molecule is O=C(N/N=C/c1cccn1Cc1ccc(F)cc1)c1ccccc1O. The van der Waals surface area contributed by atoms with Gasteiger partial charge in [0.2, 0.25) is 0 Å². The Morgan fingerprint density at radius 2 is 1.88 bits per heavy atom. The summed E-state index contributed by atoms with van der Waals surface area (Å²) in [7, 11) is 0. The Bertz CT molecular complexity index is 901. The molecule has 6 heteroatoms. The van der Waals surface area contributed by atoms with Crippen molar-refractivity contribution in [1.82, 2.24) is 9.99 Å². The predicted octanol–water partition coefficient (Wildman–Crippen LogP) is 3.15. The topological polar surface area (TPSA) is 66.6 Å². The van der Waals surface area contributed by atoms with Crippen LogP contribution in [0.15, 0.2) is 72.0 Å². The fourth-order valence-electron chi connectivity index (χ4n) is 2.36. The highest BCUT2D eigenvalue weighted by atomic mass is 19.1. The van der Waals surface area contributed by atoms with Gasteiger partial charge < -0.3 is 9.67 Å². The zero-order chi connectivity index (χ0) is 17.6. The normalized spacial score (nSPS) is 10.9. The lowest BCUT2D eigenvalue weighted by Gasteiger charge is -2.06. The Kier molecular flexibility index (Phi) is 4.89. The molecule has 3 aromatic rings. The first kappa shape index (κ1) is 16.4. The third-order valence-corrected chi connectivity index (χ3v) is 3.64. The van der Waals surface area contributed by atoms with Gasteiger partial charge >= 0.3 is 0 Å². The number of hydrogen-bond donors (Lipinski definition) is 2. The molecule has 0 bridgehead atoms. The Hall–Kier alpha value is -3.41. The summed E-state index contributed by atoms with van der Waals surface area (Å²) in [5.74, 6) is -0.870. The summed E-state index contributed by atoms with van der Waals surface area (Å²) in [4.78, 5) is 12.0. The maximum Gasteiger partial charge on any atom is 0.275 e. The highest BCUT2D eigenvalue weighted by Gasteiger charge is 2.08. The Labute approximate surface area is 144 Å². The van der Waals surface area contributed by atoms with E-state index in [0.717, 1.165) is 11.3 Å². The number of rotatable bonds is 5. The van der Waals surface area contributed by atoms with Crippen LogP contribution in [0.1, 0.15) is 21.6 Å². The molecule has 2 aromatic carbocycles. The van der Waals surface area contributed by atoms with Crippen LogP contribution < -0.4 is 5.43 Å². The van der Waals surface area contributed by atoms with Crippen molar-refractivity contribution in [2.24, 2.45) is 5.10 Å². The van der Waals surface area contributed by atoms with E-state index < -0.39 is 5.91 Å². The van der Waals surface area contributed by atoms with E-state index in [4.69, 9.17) is 0 Å². The molecule has 0 aliphatic carbocycles. The lowest BCUT2D eigenvalue weighted by molar-refractivity contribution is 0.0952. The number of aromatic hydroxyl groups is 1. The Balaban J connectivity index is 1.66. The number of carbonyl (C=O) groups excluding carboxylic acids is 1. The summed E-state index contributed by atoms with van der Waals surface area (Å²) < 4.78 is 14.9. The number of hydrazone groups is 1. The zero-order valence-electron chi connectivity index (χ0n) is 13.3. The van der Waals surface area contributed by atoms with Crippen molar-refractivity contribution in [2.45, 2.75) is 6.54 Å². The summed E-state index contributed by atoms with van der Waals surface area (Å²) in [5.41, 5.74) is 4.27. The number of nitrogens with zero attached hydrogens (tertiary/aromatic N) is 2. The summed E-state index contributed by atoms with van der Waals surface area (Å²) in [5, 5.41) is 13.6. The van der Waals surface area contributed by atoms with Gasteiger partial charge in [-0.25, -0.2) is 9.82 Å². The first-order valence-corrected chi connectivity index (χ1v) is 7.64. The van der Waals surface area contributed by atoms with Crippen LogP contribution in [0.5, 0.6) is 5.75 Å². The quantitative estimate of drug-likeness (QED) is 0.555. The molecule has 0 aliphatic heterocycles. The van der Waals surface area contributed by atoms with Crippen molar-refractivity contribution >= 4 is 12.1 Å². The van der Waals surface area contributed by atoms with Crippen LogP contribution in [0.4, 0.5) is 4.39 Å². The highest BCUT2D eigenvalue weighted by Crippen LogP contribution is 2.15. The highest BCUT2D eigenvalue weighted by molar-refractivity contribution is 5.97. The van der Waals surface area contributed by atoms with Crippen molar-refractivity contribution < 1.29 is 14.3 Å². The van der Waals surface area contributed by atoms with Gasteiger partial charge in [-0.2, -0.15) is 5.10 Å². The molecule has 1 aromatic heterocycles. The Morgan fingerprint density at radius 1 is 1.12 bits per heavy atom. The summed E-state index contributed by atoms with van der Waals surface area (Å²) in [6.07, 6.45) is 3.39. The number of nitrogens with one attached hydrogen (secondary N) is 1. The molecule has 0 saturated carbocycles. The first-order valence-electron chi connectivity index (χ1n) is 7.64. The number of phenolic OH excluding ortho intramolecular Hbond substituents is 1. The molecule has 0 fully saturated rings. The average Bonchev–Trinajstić information content (AvgIpc) is 3.04. The van der Waals surface area contributed by atoms with Crippen LogP contribution in [0.25, 0.3) is 0 Å². The largest absolute Gasteiger partial charge is 0.507 e. The molecular weight excluding hydrogens is 321 g/mol. The van der Waals surface area contributed by atoms with Gasteiger partial charge in [-0.1, -0.05) is 24.3 Å².